The van der Waals surface area contributed by atoms with Gasteiger partial charge in [0, 0.05) is 0 Å². The number of hydrogen-bond donors (Lipinski definition) is 2. The van der Waals surface area contributed by atoms with E-state index in [0.717, 1.165) is 0 Å². The first kappa shape index (κ1) is 13.0. The van der Waals surface area contributed by atoms with Crippen LogP contribution in [0.15, 0.2) is 48.5 Å². The Kier molecular flexibility index (Phi) is 3.77. The summed E-state index contributed by atoms with van der Waals surface area (Å²) in [5.74, 6) is -0.559. The molecule has 0 aliphatic carbocycles. The highest BCUT2D eigenvalue weighted by atomic mass is 19.1. The monoisotopic (exact) mass is 261 g/mol. The van der Waals surface area contributed by atoms with Crippen LogP contribution in [0.1, 0.15) is 11.6 Å². The van der Waals surface area contributed by atoms with Crippen LogP contribution in [0.2, 0.25) is 0 Å². The van der Waals surface area contributed by atoms with E-state index >= 15 is 0 Å². The highest BCUT2D eigenvalue weighted by molar-refractivity contribution is 5.75. The summed E-state index contributed by atoms with van der Waals surface area (Å²) in [7, 11) is 0. The molecule has 1 atom stereocenters. The predicted octanol–water partition coefficient (Wildman–Crippen LogP) is 2.70. The second-order valence-corrected chi connectivity index (χ2v) is 3.94. The second-order valence-electron chi connectivity index (χ2n) is 3.94. The molecule has 98 valence electrons. The summed E-state index contributed by atoms with van der Waals surface area (Å²) < 4.78 is 18.2. The molecular weight excluding hydrogens is 249 g/mol. The van der Waals surface area contributed by atoms with E-state index in [1.54, 1.807) is 24.3 Å². The maximum absolute atomic E-state index is 12.7. The molecule has 2 aromatic carbocycles. The number of halogens is 1. The lowest BCUT2D eigenvalue weighted by atomic mass is 10.1. The number of rotatable bonds is 4. The maximum Gasteiger partial charge on any atom is 0.325 e. The zero-order valence-electron chi connectivity index (χ0n) is 9.92. The van der Waals surface area contributed by atoms with Crippen molar-refractivity contribution in [2.45, 2.75) is 6.04 Å². The number of nitrogens with two attached hydrogens (primary N) is 1. The summed E-state index contributed by atoms with van der Waals surface area (Å²) in [6.45, 7) is 0. The first-order valence-electron chi connectivity index (χ1n) is 5.58. The number of carboxylic acid groups (broad SMARTS) is 1. The van der Waals surface area contributed by atoms with Crippen LogP contribution in [0.5, 0.6) is 11.5 Å². The lowest BCUT2D eigenvalue weighted by Gasteiger charge is -2.10. The highest BCUT2D eigenvalue weighted by Crippen LogP contribution is 2.24. The van der Waals surface area contributed by atoms with Crippen molar-refractivity contribution in [3.63, 3.8) is 0 Å². The van der Waals surface area contributed by atoms with Gasteiger partial charge >= 0.3 is 5.97 Å². The molecule has 3 N–H and O–H groups in total. The Bertz CT molecular complexity index is 583. The first-order valence-corrected chi connectivity index (χ1v) is 5.58. The van der Waals surface area contributed by atoms with Crippen LogP contribution in [0.25, 0.3) is 0 Å². The molecule has 0 aliphatic heterocycles. The molecular formula is C14H12FNO3. The molecule has 0 fully saturated rings. The number of carboxylic acids is 1. The molecule has 0 saturated heterocycles. The molecule has 2 rings (SSSR count). The van der Waals surface area contributed by atoms with Crippen LogP contribution >= 0.6 is 0 Å². The van der Waals surface area contributed by atoms with Crippen LogP contribution in [0.4, 0.5) is 4.39 Å². The molecule has 0 saturated carbocycles. The number of ether oxygens (including phenoxy) is 1. The fraction of sp³-hybridized carbons (Fsp3) is 0.0714. The van der Waals surface area contributed by atoms with Crippen LogP contribution in [-0.2, 0) is 4.79 Å². The maximum atomic E-state index is 12.7. The summed E-state index contributed by atoms with van der Waals surface area (Å²) in [4.78, 5) is 10.8. The van der Waals surface area contributed by atoms with Gasteiger partial charge < -0.3 is 15.6 Å². The Balaban J connectivity index is 2.19. The van der Waals surface area contributed by atoms with Crippen LogP contribution in [-0.4, -0.2) is 11.1 Å². The van der Waals surface area contributed by atoms with Gasteiger partial charge in [0.25, 0.3) is 0 Å². The number of benzene rings is 2. The van der Waals surface area contributed by atoms with Gasteiger partial charge in [0.05, 0.1) is 0 Å². The van der Waals surface area contributed by atoms with E-state index < -0.39 is 12.0 Å². The molecule has 0 amide bonds. The molecule has 0 aliphatic rings. The number of hydrogen-bond acceptors (Lipinski definition) is 3. The van der Waals surface area contributed by atoms with Crippen molar-refractivity contribution in [3.8, 4) is 11.5 Å². The van der Waals surface area contributed by atoms with Crippen molar-refractivity contribution in [1.82, 2.24) is 0 Å². The molecule has 0 unspecified atom stereocenters. The van der Waals surface area contributed by atoms with Gasteiger partial charge in [-0.2, -0.15) is 0 Å². The summed E-state index contributed by atoms with van der Waals surface area (Å²) in [6, 6.07) is 10.9. The third kappa shape index (κ3) is 3.29. The Labute approximate surface area is 109 Å². The summed E-state index contributed by atoms with van der Waals surface area (Å²) in [6.07, 6.45) is 0. The van der Waals surface area contributed by atoms with Crippen LogP contribution in [0.3, 0.4) is 0 Å². The van der Waals surface area contributed by atoms with Crippen LogP contribution < -0.4 is 10.5 Å². The van der Waals surface area contributed by atoms with Crippen molar-refractivity contribution in [2.75, 3.05) is 0 Å². The van der Waals surface area contributed by atoms with Crippen molar-refractivity contribution in [3.05, 3.63) is 59.9 Å². The van der Waals surface area contributed by atoms with Gasteiger partial charge in [-0.1, -0.05) is 12.1 Å². The summed E-state index contributed by atoms with van der Waals surface area (Å²) in [5.41, 5.74) is 5.95. The normalized spacial score (nSPS) is 11.9. The van der Waals surface area contributed by atoms with E-state index in [0.29, 0.717) is 17.1 Å². The minimum Gasteiger partial charge on any atom is -0.480 e. The van der Waals surface area contributed by atoms with Gasteiger partial charge in [0.1, 0.15) is 23.4 Å². The molecule has 19 heavy (non-hydrogen) atoms. The SMILES string of the molecule is N[C@H](C(=O)O)c1cccc(Oc2ccc(F)cc2)c1. The summed E-state index contributed by atoms with van der Waals surface area (Å²) in [5, 5.41) is 8.84. The largest absolute Gasteiger partial charge is 0.480 e. The van der Waals surface area contributed by atoms with E-state index in [2.05, 4.69) is 0 Å². The minimum absolute atomic E-state index is 0.353. The van der Waals surface area contributed by atoms with Crippen molar-refractivity contribution in [2.24, 2.45) is 5.73 Å². The summed E-state index contributed by atoms with van der Waals surface area (Å²) >= 11 is 0. The minimum atomic E-state index is -1.11. The predicted molar refractivity (Wildman–Crippen MR) is 67.5 cm³/mol. The fourth-order valence-corrected chi connectivity index (χ4v) is 1.55. The third-order valence-corrected chi connectivity index (χ3v) is 2.53. The molecule has 0 spiro atoms. The smallest absolute Gasteiger partial charge is 0.325 e. The Morgan fingerprint density at radius 3 is 2.47 bits per heavy atom. The second kappa shape index (κ2) is 5.49. The van der Waals surface area contributed by atoms with Crippen LogP contribution in [0, 0.1) is 5.82 Å². The molecule has 0 radical (unpaired) electrons. The lowest BCUT2D eigenvalue weighted by Crippen LogP contribution is -2.20. The molecule has 0 bridgehead atoms. The molecule has 2 aromatic rings. The number of carbonyl (C=O) groups is 1. The Hall–Kier alpha value is -2.40. The van der Waals surface area contributed by atoms with E-state index in [9.17, 15) is 9.18 Å². The van der Waals surface area contributed by atoms with E-state index in [-0.39, 0.29) is 5.82 Å². The zero-order valence-corrected chi connectivity index (χ0v) is 9.92. The molecule has 5 heteroatoms. The highest BCUT2D eigenvalue weighted by Gasteiger charge is 2.14. The van der Waals surface area contributed by atoms with Gasteiger partial charge in [-0.3, -0.25) is 4.79 Å². The fourth-order valence-electron chi connectivity index (χ4n) is 1.55. The van der Waals surface area contributed by atoms with Gasteiger partial charge in [-0.25, -0.2) is 4.39 Å². The average molecular weight is 261 g/mol. The van der Waals surface area contributed by atoms with E-state index in [1.165, 1.54) is 24.3 Å². The van der Waals surface area contributed by atoms with Gasteiger partial charge in [-0.05, 0) is 42.0 Å². The third-order valence-electron chi connectivity index (χ3n) is 2.53. The van der Waals surface area contributed by atoms with Crippen molar-refractivity contribution < 1.29 is 19.0 Å². The quantitative estimate of drug-likeness (QED) is 0.887. The average Bonchev–Trinajstić information content (AvgIpc) is 2.41. The van der Waals surface area contributed by atoms with Crippen molar-refractivity contribution in [1.29, 1.82) is 0 Å². The molecule has 4 nitrogen and oxygen atoms in total. The van der Waals surface area contributed by atoms with Crippen molar-refractivity contribution >= 4 is 5.97 Å². The van der Waals surface area contributed by atoms with E-state index in [1.807, 2.05) is 0 Å². The standard InChI is InChI=1S/C14H12FNO3/c15-10-4-6-11(7-5-10)19-12-3-1-2-9(8-12)13(16)14(17)18/h1-8,13H,16H2,(H,17,18)/t13-/m0/s1. The Morgan fingerprint density at radius 1 is 1.16 bits per heavy atom. The van der Waals surface area contributed by atoms with Gasteiger partial charge in [0.2, 0.25) is 0 Å². The first-order chi connectivity index (χ1) is 9.06. The van der Waals surface area contributed by atoms with E-state index in [4.69, 9.17) is 15.6 Å². The van der Waals surface area contributed by atoms with Gasteiger partial charge in [-0.15, -0.1) is 0 Å². The zero-order chi connectivity index (χ0) is 13.8. The molecule has 0 heterocycles. The topological polar surface area (TPSA) is 72.6 Å². The number of aliphatic carboxylic acids is 1. The Morgan fingerprint density at radius 2 is 1.84 bits per heavy atom. The molecule has 0 aromatic heterocycles. The lowest BCUT2D eigenvalue weighted by molar-refractivity contribution is -0.138. The van der Waals surface area contributed by atoms with Gasteiger partial charge in [0.15, 0.2) is 0 Å².